The van der Waals surface area contributed by atoms with Crippen molar-refractivity contribution in [3.05, 3.63) is 176 Å². The van der Waals surface area contributed by atoms with Crippen molar-refractivity contribution in [1.82, 2.24) is 14.5 Å². The lowest BCUT2D eigenvalue weighted by atomic mass is 9.98. The van der Waals surface area contributed by atoms with E-state index in [1.165, 1.54) is 47.5 Å². The Morgan fingerprint density at radius 3 is 1.60 bits per heavy atom. The summed E-state index contributed by atoms with van der Waals surface area (Å²) in [7, 11) is 0. The van der Waals surface area contributed by atoms with Gasteiger partial charge in [0.15, 0.2) is 5.82 Å². The van der Waals surface area contributed by atoms with Gasteiger partial charge in [0.05, 0.1) is 28.1 Å². The van der Waals surface area contributed by atoms with Crippen molar-refractivity contribution >= 4 is 53.3 Å². The van der Waals surface area contributed by atoms with Crippen LogP contribution >= 0.6 is 11.3 Å². The van der Waals surface area contributed by atoms with E-state index in [1.54, 1.807) is 0 Å². The number of hydrogen-bond donors (Lipinski definition) is 0. The van der Waals surface area contributed by atoms with Gasteiger partial charge < -0.3 is 4.57 Å². The summed E-state index contributed by atoms with van der Waals surface area (Å²) in [6.45, 7) is 0. The lowest BCUT2D eigenvalue weighted by Crippen LogP contribution is -1.98. The Hall–Kier alpha value is -6.36. The van der Waals surface area contributed by atoms with Crippen molar-refractivity contribution < 1.29 is 0 Å². The van der Waals surface area contributed by atoms with Crippen molar-refractivity contribution in [3.8, 4) is 50.7 Å². The molecule has 0 saturated carbocycles. The zero-order valence-corrected chi connectivity index (χ0v) is 27.8. The van der Waals surface area contributed by atoms with Crippen molar-refractivity contribution in [2.75, 3.05) is 0 Å². The zero-order valence-electron chi connectivity index (χ0n) is 27.0. The predicted molar refractivity (Wildman–Crippen MR) is 211 cm³/mol. The molecule has 0 bridgehead atoms. The number of benzene rings is 7. The molecule has 3 nitrogen and oxygen atoms in total. The Labute approximate surface area is 293 Å². The summed E-state index contributed by atoms with van der Waals surface area (Å²) in [5.74, 6) is 0.703. The van der Waals surface area contributed by atoms with E-state index >= 15 is 0 Å². The molecular weight excluding hydrogens is 627 g/mol. The van der Waals surface area contributed by atoms with Gasteiger partial charge in [-0.05, 0) is 42.0 Å². The molecule has 0 radical (unpaired) electrons. The first kappa shape index (κ1) is 28.6. The second-order valence-corrected chi connectivity index (χ2v) is 13.6. The average Bonchev–Trinajstić information content (AvgIpc) is 3.74. The third kappa shape index (κ3) is 4.65. The topological polar surface area (TPSA) is 30.7 Å². The highest BCUT2D eigenvalue weighted by Gasteiger charge is 2.21. The number of aromatic nitrogens is 3. The number of nitrogens with zero attached hydrogens (tertiary/aromatic N) is 3. The summed E-state index contributed by atoms with van der Waals surface area (Å²) in [4.78, 5) is 10.3. The van der Waals surface area contributed by atoms with Gasteiger partial charge in [-0.2, -0.15) is 0 Å². The number of hydrogen-bond acceptors (Lipinski definition) is 3. The Balaban J connectivity index is 1.25. The van der Waals surface area contributed by atoms with Crippen LogP contribution in [-0.4, -0.2) is 14.5 Å². The predicted octanol–water partition coefficient (Wildman–Crippen LogP) is 12.6. The van der Waals surface area contributed by atoms with Gasteiger partial charge in [-0.15, -0.1) is 11.3 Å². The van der Waals surface area contributed by atoms with Crippen molar-refractivity contribution in [1.29, 1.82) is 0 Å². The summed E-state index contributed by atoms with van der Waals surface area (Å²) in [5, 5.41) is 5.05. The van der Waals surface area contributed by atoms with E-state index in [0.717, 1.165) is 39.3 Å². The van der Waals surface area contributed by atoms with E-state index in [-0.39, 0.29) is 0 Å². The fraction of sp³-hybridized carbons (Fsp3) is 0. The molecule has 0 N–H and O–H groups in total. The molecule has 0 aliphatic rings. The molecule has 0 spiro atoms. The first-order valence-corrected chi connectivity index (χ1v) is 17.7. The highest BCUT2D eigenvalue weighted by atomic mass is 32.1. The van der Waals surface area contributed by atoms with Gasteiger partial charge in [-0.1, -0.05) is 140 Å². The fourth-order valence-electron chi connectivity index (χ4n) is 7.33. The minimum absolute atomic E-state index is 0.703. The van der Waals surface area contributed by atoms with E-state index < -0.39 is 0 Å². The number of thiophene rings is 1. The second-order valence-electron chi connectivity index (χ2n) is 12.6. The van der Waals surface area contributed by atoms with Crippen LogP contribution in [0.25, 0.3) is 92.7 Å². The van der Waals surface area contributed by atoms with Crippen molar-refractivity contribution in [3.63, 3.8) is 0 Å². The van der Waals surface area contributed by atoms with Crippen LogP contribution < -0.4 is 0 Å². The first-order chi connectivity index (χ1) is 24.8. The van der Waals surface area contributed by atoms with Crippen LogP contribution in [0.15, 0.2) is 176 Å². The van der Waals surface area contributed by atoms with E-state index in [0.29, 0.717) is 5.82 Å². The van der Waals surface area contributed by atoms with Crippen LogP contribution in [0.1, 0.15) is 0 Å². The van der Waals surface area contributed by atoms with Crippen LogP contribution in [0.3, 0.4) is 0 Å². The Morgan fingerprint density at radius 1 is 0.400 bits per heavy atom. The third-order valence-electron chi connectivity index (χ3n) is 9.62. The smallest absolute Gasteiger partial charge is 0.160 e. The lowest BCUT2D eigenvalue weighted by molar-refractivity contribution is 1.18. The molecule has 0 saturated heterocycles. The van der Waals surface area contributed by atoms with Gasteiger partial charge in [-0.25, -0.2) is 9.97 Å². The largest absolute Gasteiger partial charge is 0.309 e. The standard InChI is InChI=1S/C46H29N3S/c1-3-14-30(15-4-1)38-29-39(31-16-5-2-6-17-31)48-46(47-38)33-19-13-18-32(28-33)44-42(27-26-37-36-22-9-12-25-43(36)50-45(37)44)49-40-23-10-7-20-34(40)35-21-8-11-24-41(35)49/h1-29H. The van der Waals surface area contributed by atoms with Crippen LogP contribution in [-0.2, 0) is 0 Å². The molecule has 3 heterocycles. The van der Waals surface area contributed by atoms with Gasteiger partial charge in [0, 0.05) is 53.2 Å². The van der Waals surface area contributed by atoms with Gasteiger partial charge in [0.25, 0.3) is 0 Å². The summed E-state index contributed by atoms with van der Waals surface area (Å²) < 4.78 is 4.99. The highest BCUT2D eigenvalue weighted by Crippen LogP contribution is 2.45. The molecule has 0 aliphatic heterocycles. The molecule has 234 valence electrons. The molecule has 10 aromatic rings. The lowest BCUT2D eigenvalue weighted by Gasteiger charge is -2.16. The molecule has 4 heteroatoms. The maximum absolute atomic E-state index is 5.17. The van der Waals surface area contributed by atoms with Gasteiger partial charge >= 0.3 is 0 Å². The Kier molecular flexibility index (Phi) is 6.68. The number of para-hydroxylation sites is 2. The summed E-state index contributed by atoms with van der Waals surface area (Å²) in [6, 6.07) is 62.4. The van der Waals surface area contributed by atoms with Crippen LogP contribution in [0.2, 0.25) is 0 Å². The van der Waals surface area contributed by atoms with Crippen molar-refractivity contribution in [2.24, 2.45) is 0 Å². The molecule has 3 aromatic heterocycles. The van der Waals surface area contributed by atoms with Crippen LogP contribution in [0, 0.1) is 0 Å². The molecule has 0 amide bonds. The first-order valence-electron chi connectivity index (χ1n) is 16.8. The molecule has 0 atom stereocenters. The van der Waals surface area contributed by atoms with Gasteiger partial charge in [0.2, 0.25) is 0 Å². The summed E-state index contributed by atoms with van der Waals surface area (Å²) >= 11 is 1.86. The fourth-order valence-corrected chi connectivity index (χ4v) is 8.60. The minimum Gasteiger partial charge on any atom is -0.309 e. The van der Waals surface area contributed by atoms with E-state index in [4.69, 9.17) is 9.97 Å². The van der Waals surface area contributed by atoms with Crippen molar-refractivity contribution in [2.45, 2.75) is 0 Å². The van der Waals surface area contributed by atoms with E-state index in [1.807, 2.05) is 23.5 Å². The molecule has 10 rings (SSSR count). The Bertz CT molecular complexity index is 2760. The molecule has 50 heavy (non-hydrogen) atoms. The second kappa shape index (κ2) is 11.7. The quantitative estimate of drug-likeness (QED) is 0.185. The monoisotopic (exact) mass is 655 g/mol. The number of rotatable bonds is 5. The maximum Gasteiger partial charge on any atom is 0.160 e. The maximum atomic E-state index is 5.17. The third-order valence-corrected chi connectivity index (χ3v) is 10.8. The van der Waals surface area contributed by atoms with Crippen LogP contribution in [0.4, 0.5) is 0 Å². The van der Waals surface area contributed by atoms with E-state index in [9.17, 15) is 0 Å². The SMILES string of the molecule is c1ccc(-c2cc(-c3ccccc3)nc(-c3cccc(-c4c(-n5c6ccccc6c6ccccc65)ccc5c4sc4ccccc45)c3)n2)cc1. The highest BCUT2D eigenvalue weighted by molar-refractivity contribution is 7.26. The van der Waals surface area contributed by atoms with Gasteiger partial charge in [-0.3, -0.25) is 0 Å². The molecule has 7 aromatic carbocycles. The Morgan fingerprint density at radius 2 is 0.940 bits per heavy atom. The molecule has 0 aliphatic carbocycles. The van der Waals surface area contributed by atoms with E-state index in [2.05, 4.69) is 168 Å². The number of fused-ring (bicyclic) bond motifs is 6. The normalized spacial score (nSPS) is 11.6. The average molecular weight is 656 g/mol. The zero-order chi connectivity index (χ0) is 33.0. The molecular formula is C46H29N3S. The molecule has 0 fully saturated rings. The van der Waals surface area contributed by atoms with Crippen LogP contribution in [0.5, 0.6) is 0 Å². The molecule has 0 unspecified atom stereocenters. The summed E-state index contributed by atoms with van der Waals surface area (Å²) in [6.07, 6.45) is 0. The minimum atomic E-state index is 0.703. The van der Waals surface area contributed by atoms with Gasteiger partial charge in [0.1, 0.15) is 0 Å². The summed E-state index contributed by atoms with van der Waals surface area (Å²) in [5.41, 5.74) is 10.8.